The Bertz CT molecular complexity index is 822. The van der Waals surface area contributed by atoms with E-state index in [1.54, 1.807) is 38.3 Å². The molecule has 0 heterocycles. The molecule has 0 atom stereocenters. The smallest absolute Gasteiger partial charge is 0.263 e. The van der Waals surface area contributed by atoms with Crippen molar-refractivity contribution in [3.63, 3.8) is 0 Å². The van der Waals surface area contributed by atoms with E-state index in [0.717, 1.165) is 11.1 Å². The molecule has 22 heavy (non-hydrogen) atoms. The van der Waals surface area contributed by atoms with E-state index in [0.29, 0.717) is 15.9 Å². The molecular formula is C15H15BrClNO3S. The Balaban J connectivity index is 2.45. The van der Waals surface area contributed by atoms with E-state index in [9.17, 15) is 8.42 Å². The van der Waals surface area contributed by atoms with Crippen molar-refractivity contribution < 1.29 is 13.2 Å². The molecule has 7 heteroatoms. The number of rotatable bonds is 4. The molecule has 0 unspecified atom stereocenters. The monoisotopic (exact) mass is 403 g/mol. The quantitative estimate of drug-likeness (QED) is 0.814. The summed E-state index contributed by atoms with van der Waals surface area (Å²) in [4.78, 5) is 0.0244. The molecular weight excluding hydrogens is 390 g/mol. The number of hydrogen-bond acceptors (Lipinski definition) is 3. The first-order valence-corrected chi connectivity index (χ1v) is 9.03. The minimum absolute atomic E-state index is 0.0244. The molecule has 0 spiro atoms. The van der Waals surface area contributed by atoms with Gasteiger partial charge in [0.05, 0.1) is 17.8 Å². The summed E-state index contributed by atoms with van der Waals surface area (Å²) in [5.74, 6) is 0.655. The van der Waals surface area contributed by atoms with Crippen molar-refractivity contribution >= 4 is 43.2 Å². The predicted molar refractivity (Wildman–Crippen MR) is 92.4 cm³/mol. The van der Waals surface area contributed by atoms with Crippen LogP contribution in [-0.4, -0.2) is 15.5 Å². The Kier molecular flexibility index (Phi) is 5.04. The summed E-state index contributed by atoms with van der Waals surface area (Å²) in [5.41, 5.74) is 2.12. The van der Waals surface area contributed by atoms with Gasteiger partial charge in [-0.1, -0.05) is 33.6 Å². The highest BCUT2D eigenvalue weighted by Crippen LogP contribution is 2.32. The topological polar surface area (TPSA) is 55.4 Å². The Morgan fingerprint density at radius 1 is 1.18 bits per heavy atom. The second-order valence-electron chi connectivity index (χ2n) is 4.77. The zero-order chi connectivity index (χ0) is 16.5. The van der Waals surface area contributed by atoms with Crippen molar-refractivity contribution in [3.8, 4) is 5.75 Å². The third-order valence-corrected chi connectivity index (χ3v) is 5.58. The van der Waals surface area contributed by atoms with Crippen LogP contribution >= 0.6 is 27.5 Å². The summed E-state index contributed by atoms with van der Waals surface area (Å²) in [6.07, 6.45) is 0. The predicted octanol–water partition coefficient (Wildman–Crippen LogP) is 4.53. The van der Waals surface area contributed by atoms with Crippen molar-refractivity contribution in [2.24, 2.45) is 0 Å². The van der Waals surface area contributed by atoms with Crippen LogP contribution in [0.15, 0.2) is 39.7 Å². The lowest BCUT2D eigenvalue weighted by atomic mass is 10.1. The molecule has 2 aromatic rings. The van der Waals surface area contributed by atoms with Crippen molar-refractivity contribution in [2.45, 2.75) is 18.7 Å². The lowest BCUT2D eigenvalue weighted by molar-refractivity contribution is 0.409. The maximum Gasteiger partial charge on any atom is 0.263 e. The molecule has 0 aliphatic heterocycles. The van der Waals surface area contributed by atoms with E-state index in [1.165, 1.54) is 6.07 Å². The number of nitrogens with one attached hydrogen (secondary N) is 1. The summed E-state index contributed by atoms with van der Waals surface area (Å²) < 4.78 is 33.6. The van der Waals surface area contributed by atoms with Crippen molar-refractivity contribution in [2.75, 3.05) is 11.8 Å². The summed E-state index contributed by atoms with van der Waals surface area (Å²) in [7, 11) is -2.22. The van der Waals surface area contributed by atoms with Gasteiger partial charge in [0.15, 0.2) is 0 Å². The number of aryl methyl sites for hydroxylation is 1. The largest absolute Gasteiger partial charge is 0.496 e. The summed E-state index contributed by atoms with van der Waals surface area (Å²) in [6, 6.07) is 8.13. The van der Waals surface area contributed by atoms with E-state index in [1.807, 2.05) is 6.92 Å². The molecule has 118 valence electrons. The Morgan fingerprint density at radius 2 is 1.86 bits per heavy atom. The minimum atomic E-state index is -3.78. The fraction of sp³-hybridized carbons (Fsp3) is 0.200. The molecule has 0 amide bonds. The molecule has 0 aliphatic carbocycles. The molecule has 1 N–H and O–H groups in total. The van der Waals surface area contributed by atoms with Crippen LogP contribution < -0.4 is 9.46 Å². The zero-order valence-corrected chi connectivity index (χ0v) is 15.4. The fourth-order valence-corrected chi connectivity index (χ4v) is 4.31. The van der Waals surface area contributed by atoms with Crippen LogP contribution in [0.5, 0.6) is 5.75 Å². The molecule has 0 bridgehead atoms. The molecule has 0 aromatic heterocycles. The van der Waals surface area contributed by atoms with Crippen LogP contribution in [-0.2, 0) is 10.0 Å². The standard InChI is InChI=1S/C15H15BrClNO3S/c1-9-4-6-13(10(2)15(9)21-3)18-22(19,20)14-7-5-11(16)8-12(14)17/h4-8,18H,1-3H3. The molecule has 0 saturated carbocycles. The van der Waals surface area contributed by atoms with Gasteiger partial charge < -0.3 is 4.74 Å². The highest BCUT2D eigenvalue weighted by atomic mass is 79.9. The van der Waals surface area contributed by atoms with Gasteiger partial charge in [-0.2, -0.15) is 0 Å². The molecule has 0 radical (unpaired) electrons. The Hall–Kier alpha value is -1.24. The van der Waals surface area contributed by atoms with Gasteiger partial charge in [-0.15, -0.1) is 0 Å². The van der Waals surface area contributed by atoms with Gasteiger partial charge in [0, 0.05) is 10.0 Å². The van der Waals surface area contributed by atoms with E-state index in [4.69, 9.17) is 16.3 Å². The Labute approximate surface area is 143 Å². The molecule has 2 rings (SSSR count). The average molecular weight is 405 g/mol. The second kappa shape index (κ2) is 6.48. The van der Waals surface area contributed by atoms with E-state index >= 15 is 0 Å². The van der Waals surface area contributed by atoms with Crippen LogP contribution in [0.1, 0.15) is 11.1 Å². The normalized spacial score (nSPS) is 11.3. The van der Waals surface area contributed by atoms with Crippen LogP contribution in [0.2, 0.25) is 5.02 Å². The van der Waals surface area contributed by atoms with Crippen molar-refractivity contribution in [1.82, 2.24) is 0 Å². The van der Waals surface area contributed by atoms with Gasteiger partial charge in [-0.3, -0.25) is 4.72 Å². The van der Waals surface area contributed by atoms with Gasteiger partial charge in [-0.25, -0.2) is 8.42 Å². The van der Waals surface area contributed by atoms with Gasteiger partial charge in [0.1, 0.15) is 10.6 Å². The van der Waals surface area contributed by atoms with E-state index in [2.05, 4.69) is 20.7 Å². The van der Waals surface area contributed by atoms with Crippen LogP contribution in [0.3, 0.4) is 0 Å². The fourth-order valence-electron chi connectivity index (χ4n) is 2.14. The number of sulfonamides is 1. The number of ether oxygens (including phenoxy) is 1. The molecule has 4 nitrogen and oxygen atoms in total. The number of benzene rings is 2. The Morgan fingerprint density at radius 3 is 2.45 bits per heavy atom. The molecule has 0 aliphatic rings. The molecule has 0 saturated heterocycles. The third kappa shape index (κ3) is 3.39. The summed E-state index contributed by atoms with van der Waals surface area (Å²) in [5, 5.41) is 0.151. The summed E-state index contributed by atoms with van der Waals surface area (Å²) in [6.45, 7) is 3.70. The lowest BCUT2D eigenvalue weighted by Gasteiger charge is -2.15. The second-order valence-corrected chi connectivity index (χ2v) is 7.74. The van der Waals surface area contributed by atoms with Gasteiger partial charge in [0.25, 0.3) is 10.0 Å². The van der Waals surface area contributed by atoms with Gasteiger partial charge in [0.2, 0.25) is 0 Å². The number of halogens is 2. The van der Waals surface area contributed by atoms with Crippen molar-refractivity contribution in [1.29, 1.82) is 0 Å². The van der Waals surface area contributed by atoms with Crippen LogP contribution in [0, 0.1) is 13.8 Å². The molecule has 2 aromatic carbocycles. The number of anilines is 1. The van der Waals surface area contributed by atoms with E-state index < -0.39 is 10.0 Å². The first kappa shape index (κ1) is 17.1. The third-order valence-electron chi connectivity index (χ3n) is 3.23. The highest BCUT2D eigenvalue weighted by molar-refractivity contribution is 9.10. The SMILES string of the molecule is COc1c(C)ccc(NS(=O)(=O)c2ccc(Br)cc2Cl)c1C. The number of hydrogen-bond donors (Lipinski definition) is 1. The van der Waals surface area contributed by atoms with Crippen LogP contribution in [0.25, 0.3) is 0 Å². The first-order chi connectivity index (χ1) is 10.3. The van der Waals surface area contributed by atoms with Gasteiger partial charge >= 0.3 is 0 Å². The average Bonchev–Trinajstić information content (AvgIpc) is 2.42. The number of methoxy groups -OCH3 is 1. The maximum atomic E-state index is 12.5. The highest BCUT2D eigenvalue weighted by Gasteiger charge is 2.20. The zero-order valence-electron chi connectivity index (χ0n) is 12.3. The van der Waals surface area contributed by atoms with Crippen molar-refractivity contribution in [3.05, 3.63) is 51.0 Å². The maximum absolute atomic E-state index is 12.5. The van der Waals surface area contributed by atoms with Gasteiger partial charge in [-0.05, 0) is 43.7 Å². The lowest BCUT2D eigenvalue weighted by Crippen LogP contribution is -2.14. The summed E-state index contributed by atoms with van der Waals surface area (Å²) >= 11 is 9.28. The first-order valence-electron chi connectivity index (χ1n) is 6.38. The van der Waals surface area contributed by atoms with E-state index in [-0.39, 0.29) is 9.92 Å². The van der Waals surface area contributed by atoms with Crippen LogP contribution in [0.4, 0.5) is 5.69 Å². The molecule has 0 fully saturated rings. The minimum Gasteiger partial charge on any atom is -0.496 e.